The second-order valence-electron chi connectivity index (χ2n) is 5.06. The summed E-state index contributed by atoms with van der Waals surface area (Å²) in [5.74, 6) is -2.87. The van der Waals surface area contributed by atoms with E-state index in [0.717, 1.165) is 26.2 Å². The van der Waals surface area contributed by atoms with Crippen molar-refractivity contribution in [1.82, 2.24) is 0 Å². The molecule has 0 aromatic heterocycles. The van der Waals surface area contributed by atoms with Crippen LogP contribution in [-0.2, 0) is 9.59 Å². The lowest BCUT2D eigenvalue weighted by Gasteiger charge is -2.32. The molecule has 104 valence electrons. The second-order valence-corrected chi connectivity index (χ2v) is 5.06. The summed E-state index contributed by atoms with van der Waals surface area (Å²) in [4.78, 5) is 23.1. The van der Waals surface area contributed by atoms with E-state index in [9.17, 15) is 19.8 Å². The van der Waals surface area contributed by atoms with E-state index in [1.807, 2.05) is 0 Å². The second kappa shape index (κ2) is 5.77. The lowest BCUT2D eigenvalue weighted by Crippen LogP contribution is -2.65. The van der Waals surface area contributed by atoms with Gasteiger partial charge in [-0.05, 0) is 25.7 Å². The van der Waals surface area contributed by atoms with E-state index in [1.54, 1.807) is 0 Å². The number of carboxylic acid groups (broad SMARTS) is 1. The number of aliphatic hydroxyl groups excluding tert-OH is 2. The molecule has 0 bridgehead atoms. The van der Waals surface area contributed by atoms with Gasteiger partial charge in [0.05, 0.1) is 6.10 Å². The van der Waals surface area contributed by atoms with E-state index < -0.39 is 29.5 Å². The SMILES string of the molecule is C[C@@H](O)[C@](N)(C(=O)O)C(=O)C(O)C1CCCCC1. The first kappa shape index (κ1) is 15.1. The molecule has 1 rings (SSSR count). The van der Waals surface area contributed by atoms with Gasteiger partial charge in [0.25, 0.3) is 0 Å². The van der Waals surface area contributed by atoms with Crippen LogP contribution >= 0.6 is 0 Å². The third-order valence-electron chi connectivity index (χ3n) is 3.79. The molecule has 1 aliphatic carbocycles. The highest BCUT2D eigenvalue weighted by Crippen LogP contribution is 2.28. The maximum Gasteiger partial charge on any atom is 0.334 e. The zero-order valence-electron chi connectivity index (χ0n) is 10.5. The molecule has 0 heterocycles. The first-order valence-electron chi connectivity index (χ1n) is 6.24. The molecule has 0 spiro atoms. The van der Waals surface area contributed by atoms with Crippen molar-refractivity contribution in [1.29, 1.82) is 0 Å². The number of aliphatic hydroxyl groups is 2. The lowest BCUT2D eigenvalue weighted by atomic mass is 9.77. The molecule has 0 aliphatic heterocycles. The van der Waals surface area contributed by atoms with Gasteiger partial charge in [-0.1, -0.05) is 19.3 Å². The molecule has 6 heteroatoms. The van der Waals surface area contributed by atoms with E-state index in [-0.39, 0.29) is 5.92 Å². The predicted molar refractivity (Wildman–Crippen MR) is 63.8 cm³/mol. The highest BCUT2D eigenvalue weighted by Gasteiger charge is 2.50. The largest absolute Gasteiger partial charge is 0.479 e. The number of aliphatic carboxylic acids is 1. The maximum atomic E-state index is 12.0. The summed E-state index contributed by atoms with van der Waals surface area (Å²) in [5, 5.41) is 28.4. The molecule has 0 amide bonds. The third kappa shape index (κ3) is 2.71. The normalized spacial score (nSPS) is 24.0. The monoisotopic (exact) mass is 259 g/mol. The number of carboxylic acids is 1. The first-order valence-corrected chi connectivity index (χ1v) is 6.24. The Bertz CT molecular complexity index is 324. The molecule has 1 unspecified atom stereocenters. The Morgan fingerprint density at radius 1 is 1.22 bits per heavy atom. The molecule has 6 nitrogen and oxygen atoms in total. The van der Waals surface area contributed by atoms with Gasteiger partial charge < -0.3 is 21.1 Å². The maximum absolute atomic E-state index is 12.0. The Balaban J connectivity index is 2.86. The van der Waals surface area contributed by atoms with Crippen molar-refractivity contribution in [3.05, 3.63) is 0 Å². The average molecular weight is 259 g/mol. The van der Waals surface area contributed by atoms with Crippen LogP contribution in [0.2, 0.25) is 0 Å². The zero-order valence-corrected chi connectivity index (χ0v) is 10.5. The molecule has 18 heavy (non-hydrogen) atoms. The van der Waals surface area contributed by atoms with Crippen LogP contribution in [0, 0.1) is 5.92 Å². The number of hydrogen-bond donors (Lipinski definition) is 4. The molecule has 0 radical (unpaired) electrons. The van der Waals surface area contributed by atoms with Crippen LogP contribution in [0.4, 0.5) is 0 Å². The van der Waals surface area contributed by atoms with Crippen molar-refractivity contribution >= 4 is 11.8 Å². The smallest absolute Gasteiger partial charge is 0.334 e. The van der Waals surface area contributed by atoms with Gasteiger partial charge in [0.15, 0.2) is 5.78 Å². The number of carbonyl (C=O) groups is 2. The van der Waals surface area contributed by atoms with Crippen LogP contribution in [0.3, 0.4) is 0 Å². The van der Waals surface area contributed by atoms with Crippen LogP contribution in [0.15, 0.2) is 0 Å². The minimum absolute atomic E-state index is 0.257. The Labute approximate surface area is 106 Å². The van der Waals surface area contributed by atoms with Crippen molar-refractivity contribution < 1.29 is 24.9 Å². The van der Waals surface area contributed by atoms with Crippen molar-refractivity contribution in [2.24, 2.45) is 11.7 Å². The van der Waals surface area contributed by atoms with Crippen molar-refractivity contribution in [3.8, 4) is 0 Å². The van der Waals surface area contributed by atoms with Gasteiger partial charge in [-0.25, -0.2) is 4.79 Å². The fourth-order valence-electron chi connectivity index (χ4n) is 2.40. The Morgan fingerprint density at radius 2 is 1.72 bits per heavy atom. The van der Waals surface area contributed by atoms with E-state index in [2.05, 4.69) is 0 Å². The molecule has 0 aromatic carbocycles. The van der Waals surface area contributed by atoms with Crippen LogP contribution in [0.1, 0.15) is 39.0 Å². The molecule has 5 N–H and O–H groups in total. The molecule has 1 aliphatic rings. The van der Waals surface area contributed by atoms with E-state index in [1.165, 1.54) is 0 Å². The van der Waals surface area contributed by atoms with Gasteiger partial charge in [-0.2, -0.15) is 0 Å². The zero-order chi connectivity index (χ0) is 13.9. The number of rotatable bonds is 5. The fourth-order valence-corrected chi connectivity index (χ4v) is 2.40. The molecule has 1 fully saturated rings. The Hall–Kier alpha value is -0.980. The third-order valence-corrected chi connectivity index (χ3v) is 3.79. The van der Waals surface area contributed by atoms with Crippen LogP contribution in [-0.4, -0.2) is 44.8 Å². The summed E-state index contributed by atoms with van der Waals surface area (Å²) in [5.41, 5.74) is 3.04. The molecule has 1 saturated carbocycles. The summed E-state index contributed by atoms with van der Waals surface area (Å²) in [7, 11) is 0. The molecule has 0 saturated heterocycles. The molecule has 0 aromatic rings. The van der Waals surface area contributed by atoms with E-state index >= 15 is 0 Å². The van der Waals surface area contributed by atoms with E-state index in [0.29, 0.717) is 12.8 Å². The number of ketones is 1. The quantitative estimate of drug-likeness (QED) is 0.501. The van der Waals surface area contributed by atoms with Crippen LogP contribution in [0.5, 0.6) is 0 Å². The summed E-state index contributed by atoms with van der Waals surface area (Å²) in [6.45, 7) is 1.14. The van der Waals surface area contributed by atoms with Gasteiger partial charge in [-0.3, -0.25) is 4.79 Å². The topological polar surface area (TPSA) is 121 Å². The predicted octanol–water partition coefficient (Wildman–Crippen LogP) is -0.340. The number of hydrogen-bond acceptors (Lipinski definition) is 5. The number of Topliss-reactive ketones (excluding diaryl/α,β-unsaturated/α-hetero) is 1. The standard InChI is InChI=1S/C12H21NO5/c1-7(14)12(13,11(17)18)10(16)9(15)8-5-3-2-4-6-8/h7-9,14-15H,2-6,13H2,1H3,(H,17,18)/t7-,9?,12-/m1/s1. The van der Waals surface area contributed by atoms with E-state index in [4.69, 9.17) is 10.8 Å². The van der Waals surface area contributed by atoms with Crippen LogP contribution in [0.25, 0.3) is 0 Å². The van der Waals surface area contributed by atoms with Gasteiger partial charge in [0, 0.05) is 0 Å². The fraction of sp³-hybridized carbons (Fsp3) is 0.833. The van der Waals surface area contributed by atoms with Gasteiger partial charge in [0.2, 0.25) is 5.54 Å². The van der Waals surface area contributed by atoms with Gasteiger partial charge >= 0.3 is 5.97 Å². The summed E-state index contributed by atoms with van der Waals surface area (Å²) in [6.07, 6.45) is 1.27. The highest BCUT2D eigenvalue weighted by atomic mass is 16.4. The van der Waals surface area contributed by atoms with Crippen molar-refractivity contribution in [3.63, 3.8) is 0 Å². The van der Waals surface area contributed by atoms with Gasteiger partial charge in [-0.15, -0.1) is 0 Å². The van der Waals surface area contributed by atoms with Gasteiger partial charge in [0.1, 0.15) is 6.10 Å². The Kier molecular flexibility index (Phi) is 4.84. The lowest BCUT2D eigenvalue weighted by molar-refractivity contribution is -0.158. The van der Waals surface area contributed by atoms with Crippen molar-refractivity contribution in [2.75, 3.05) is 0 Å². The molecule has 3 atom stereocenters. The Morgan fingerprint density at radius 3 is 2.11 bits per heavy atom. The number of carbonyl (C=O) groups excluding carboxylic acids is 1. The first-order chi connectivity index (χ1) is 8.31. The molecular formula is C12H21NO5. The summed E-state index contributed by atoms with van der Waals surface area (Å²) >= 11 is 0. The number of nitrogens with two attached hydrogens (primary N) is 1. The van der Waals surface area contributed by atoms with Crippen molar-refractivity contribution in [2.45, 2.75) is 56.8 Å². The average Bonchev–Trinajstić information content (AvgIpc) is 2.36. The highest BCUT2D eigenvalue weighted by molar-refractivity contribution is 6.10. The minimum atomic E-state index is -2.43. The van der Waals surface area contributed by atoms with Crippen LogP contribution < -0.4 is 5.73 Å². The summed E-state index contributed by atoms with van der Waals surface area (Å²) < 4.78 is 0. The molecular weight excluding hydrogens is 238 g/mol. The summed E-state index contributed by atoms with van der Waals surface area (Å²) in [6, 6.07) is 0. The minimum Gasteiger partial charge on any atom is -0.479 e.